The third kappa shape index (κ3) is 4.15. The van der Waals surface area contributed by atoms with Gasteiger partial charge in [-0.05, 0) is 24.6 Å². The van der Waals surface area contributed by atoms with E-state index < -0.39 is 0 Å². The van der Waals surface area contributed by atoms with Crippen molar-refractivity contribution in [3.05, 3.63) is 47.5 Å². The van der Waals surface area contributed by atoms with E-state index in [1.807, 2.05) is 41.5 Å². The van der Waals surface area contributed by atoms with Gasteiger partial charge in [-0.15, -0.1) is 22.7 Å². The molecule has 0 bridgehead atoms. The highest BCUT2D eigenvalue weighted by Gasteiger charge is 2.24. The highest BCUT2D eigenvalue weighted by molar-refractivity contribution is 7.22. The minimum absolute atomic E-state index is 0.0424. The largest absolute Gasteiger partial charge is 0.497 e. The number of fused-ring (bicyclic) bond motifs is 1. The summed E-state index contributed by atoms with van der Waals surface area (Å²) >= 11 is 3.18. The minimum atomic E-state index is 0.0424. The maximum absolute atomic E-state index is 5.49. The van der Waals surface area contributed by atoms with Gasteiger partial charge in [0.1, 0.15) is 16.4 Å². The number of aryl methyl sites for hydroxylation is 1. The van der Waals surface area contributed by atoms with E-state index in [1.165, 1.54) is 0 Å². The average molecular weight is 493 g/mol. The van der Waals surface area contributed by atoms with Crippen LogP contribution in [0.15, 0.2) is 47.5 Å². The fourth-order valence-electron chi connectivity index (χ4n) is 3.86. The Bertz CT molecular complexity index is 1430. The number of anilines is 1. The summed E-state index contributed by atoms with van der Waals surface area (Å²) in [5, 5.41) is 6.54. The number of nitrogens with zero attached hydrogens (tertiary/aromatic N) is 5. The Hall–Kier alpha value is -3.34. The third-order valence-electron chi connectivity index (χ3n) is 5.39. The Morgan fingerprint density at radius 3 is 2.76 bits per heavy atom. The van der Waals surface area contributed by atoms with E-state index in [-0.39, 0.29) is 6.04 Å². The summed E-state index contributed by atoms with van der Waals surface area (Å²) in [6.45, 7) is 2.61. The fourth-order valence-corrected chi connectivity index (χ4v) is 5.58. The van der Waals surface area contributed by atoms with E-state index in [9.17, 15) is 0 Å². The molecule has 5 rings (SSSR count). The summed E-state index contributed by atoms with van der Waals surface area (Å²) in [6.07, 6.45) is 3.64. The molecule has 5 aromatic rings. The predicted molar refractivity (Wildman–Crippen MR) is 138 cm³/mol. The molecule has 1 aromatic carbocycles. The lowest BCUT2D eigenvalue weighted by molar-refractivity contribution is 0.190. The number of imidazole rings is 1. The molecule has 1 N–H and O–H groups in total. The number of benzene rings is 1. The Kier molecular flexibility index (Phi) is 6.27. The first kappa shape index (κ1) is 22.5. The maximum Gasteiger partial charge on any atom is 0.199 e. The van der Waals surface area contributed by atoms with Gasteiger partial charge in [0.2, 0.25) is 0 Å². The van der Waals surface area contributed by atoms with Crippen LogP contribution < -0.4 is 10.1 Å². The lowest BCUT2D eigenvalue weighted by Gasteiger charge is -2.16. The molecule has 0 saturated heterocycles. The van der Waals surface area contributed by atoms with Gasteiger partial charge in [-0.2, -0.15) is 0 Å². The van der Waals surface area contributed by atoms with Crippen LogP contribution in [0.2, 0.25) is 0 Å². The lowest BCUT2D eigenvalue weighted by Crippen LogP contribution is -2.22. The first-order valence-corrected chi connectivity index (χ1v) is 12.5. The minimum Gasteiger partial charge on any atom is -0.497 e. The third-order valence-corrected chi connectivity index (χ3v) is 7.11. The molecule has 0 fully saturated rings. The van der Waals surface area contributed by atoms with Crippen molar-refractivity contribution in [3.63, 3.8) is 0 Å². The first-order chi connectivity index (χ1) is 16.6. The standard InChI is InChI=1S/C24H24N6O2S2/c1-14(11-31-3)27-21-19-18(17-12-33-13-26-17)20(15-6-5-7-16(10-15)32-4)34-24(19)29-22(28-21)23-25-8-9-30(23)2/h5-10,12-14H,11H2,1-4H3,(H,27,28,29). The van der Waals surface area contributed by atoms with Crippen LogP contribution in [0, 0.1) is 0 Å². The molecule has 0 amide bonds. The molecule has 0 saturated carbocycles. The number of thiophene rings is 1. The molecule has 1 atom stereocenters. The highest BCUT2D eigenvalue weighted by Crippen LogP contribution is 2.47. The number of thiazole rings is 1. The molecule has 174 valence electrons. The molecule has 4 aromatic heterocycles. The molecule has 4 heterocycles. The summed E-state index contributed by atoms with van der Waals surface area (Å²) in [4.78, 5) is 20.9. The first-order valence-electron chi connectivity index (χ1n) is 10.7. The van der Waals surface area contributed by atoms with E-state index in [0.717, 1.165) is 43.5 Å². The van der Waals surface area contributed by atoms with Crippen molar-refractivity contribution in [1.29, 1.82) is 0 Å². The number of ether oxygens (including phenoxy) is 2. The topological polar surface area (TPSA) is 87.0 Å². The van der Waals surface area contributed by atoms with Gasteiger partial charge < -0.3 is 19.4 Å². The van der Waals surface area contributed by atoms with Gasteiger partial charge in [-0.25, -0.2) is 19.9 Å². The number of rotatable bonds is 8. The van der Waals surface area contributed by atoms with Crippen LogP contribution in [0.5, 0.6) is 5.75 Å². The van der Waals surface area contributed by atoms with Gasteiger partial charge in [0, 0.05) is 48.4 Å². The van der Waals surface area contributed by atoms with Crippen LogP contribution >= 0.6 is 22.7 Å². The summed E-state index contributed by atoms with van der Waals surface area (Å²) in [7, 11) is 5.31. The average Bonchev–Trinajstić information content (AvgIpc) is 3.58. The Balaban J connectivity index is 1.81. The van der Waals surface area contributed by atoms with Crippen molar-refractivity contribution < 1.29 is 9.47 Å². The van der Waals surface area contributed by atoms with E-state index in [1.54, 1.807) is 43.1 Å². The number of aromatic nitrogens is 5. The summed E-state index contributed by atoms with van der Waals surface area (Å²) in [5.74, 6) is 2.80. The van der Waals surface area contributed by atoms with Crippen molar-refractivity contribution in [2.75, 3.05) is 26.1 Å². The van der Waals surface area contributed by atoms with Crippen LogP contribution in [0.25, 0.3) is 43.6 Å². The van der Waals surface area contributed by atoms with E-state index in [0.29, 0.717) is 18.3 Å². The summed E-state index contributed by atoms with van der Waals surface area (Å²) < 4.78 is 12.8. The van der Waals surface area contributed by atoms with Crippen LogP contribution in [0.1, 0.15) is 6.92 Å². The van der Waals surface area contributed by atoms with Crippen LogP contribution in [0.4, 0.5) is 5.82 Å². The number of methoxy groups -OCH3 is 2. The number of hydrogen-bond donors (Lipinski definition) is 1. The quantitative estimate of drug-likeness (QED) is 0.313. The molecule has 0 aliphatic rings. The number of hydrogen-bond acceptors (Lipinski definition) is 9. The van der Waals surface area contributed by atoms with E-state index in [2.05, 4.69) is 33.7 Å². The zero-order valence-electron chi connectivity index (χ0n) is 19.3. The molecular weight excluding hydrogens is 468 g/mol. The molecule has 1 unspecified atom stereocenters. The lowest BCUT2D eigenvalue weighted by atomic mass is 10.0. The zero-order chi connectivity index (χ0) is 23.7. The monoisotopic (exact) mass is 492 g/mol. The Morgan fingerprint density at radius 1 is 1.18 bits per heavy atom. The molecule has 0 spiro atoms. The smallest absolute Gasteiger partial charge is 0.199 e. The normalized spacial score (nSPS) is 12.2. The van der Waals surface area contributed by atoms with Gasteiger partial charge in [0.05, 0.1) is 30.3 Å². The molecule has 34 heavy (non-hydrogen) atoms. The molecule has 10 heteroatoms. The molecule has 8 nitrogen and oxygen atoms in total. The predicted octanol–water partition coefficient (Wildman–Crippen LogP) is 5.34. The SMILES string of the molecule is COCC(C)Nc1nc(-c2nccn2C)nc2sc(-c3cccc(OC)c3)c(-c3cscn3)c12. The fraction of sp³-hybridized carbons (Fsp3) is 0.250. The van der Waals surface area contributed by atoms with Crippen molar-refractivity contribution in [1.82, 2.24) is 24.5 Å². The van der Waals surface area contributed by atoms with Gasteiger partial charge in [-0.3, -0.25) is 0 Å². The summed E-state index contributed by atoms with van der Waals surface area (Å²) in [5.41, 5.74) is 4.79. The van der Waals surface area contributed by atoms with Crippen LogP contribution in [0.3, 0.4) is 0 Å². The van der Waals surface area contributed by atoms with Crippen molar-refractivity contribution in [2.24, 2.45) is 7.05 Å². The number of nitrogens with one attached hydrogen (secondary N) is 1. The second-order valence-electron chi connectivity index (χ2n) is 7.85. The molecule has 0 radical (unpaired) electrons. The molecular formula is C24H24N6O2S2. The molecule has 0 aliphatic carbocycles. The van der Waals surface area contributed by atoms with Crippen molar-refractivity contribution >= 4 is 38.7 Å². The second-order valence-corrected chi connectivity index (χ2v) is 9.57. The van der Waals surface area contributed by atoms with E-state index in [4.69, 9.17) is 19.4 Å². The van der Waals surface area contributed by atoms with Crippen LogP contribution in [-0.4, -0.2) is 51.4 Å². The van der Waals surface area contributed by atoms with Gasteiger partial charge in [-0.1, -0.05) is 12.1 Å². The van der Waals surface area contributed by atoms with Crippen LogP contribution in [-0.2, 0) is 11.8 Å². The zero-order valence-corrected chi connectivity index (χ0v) is 20.9. The van der Waals surface area contributed by atoms with Crippen molar-refractivity contribution in [2.45, 2.75) is 13.0 Å². The van der Waals surface area contributed by atoms with E-state index >= 15 is 0 Å². The van der Waals surface area contributed by atoms with Gasteiger partial charge >= 0.3 is 0 Å². The molecule has 0 aliphatic heterocycles. The second kappa shape index (κ2) is 9.49. The Labute approximate surface area is 205 Å². The van der Waals surface area contributed by atoms with Gasteiger partial charge in [0.15, 0.2) is 11.6 Å². The maximum atomic E-state index is 5.49. The summed E-state index contributed by atoms with van der Waals surface area (Å²) in [6, 6.07) is 8.10. The van der Waals surface area contributed by atoms with Gasteiger partial charge in [0.25, 0.3) is 0 Å². The van der Waals surface area contributed by atoms with Crippen molar-refractivity contribution in [3.8, 4) is 39.1 Å². The Morgan fingerprint density at radius 2 is 2.06 bits per heavy atom. The highest BCUT2D eigenvalue weighted by atomic mass is 32.1.